The monoisotopic (exact) mass is 272 g/mol. The number of carboxylic acids is 1. The third kappa shape index (κ3) is 3.04. The van der Waals surface area contributed by atoms with Crippen LogP contribution in [0.5, 0.6) is 0 Å². The summed E-state index contributed by atoms with van der Waals surface area (Å²) in [5.41, 5.74) is -1.31. The Kier molecular flexibility index (Phi) is 4.04. The number of carbonyl (C=O) groups is 1. The molecule has 1 heterocycles. The molecular formula is C12H14F2N2O3. The molecule has 1 fully saturated rings. The lowest BCUT2D eigenvalue weighted by Gasteiger charge is -2.16. The highest BCUT2D eigenvalue weighted by Gasteiger charge is 2.36. The molecule has 1 unspecified atom stereocenters. The van der Waals surface area contributed by atoms with Gasteiger partial charge < -0.3 is 9.84 Å². The Labute approximate surface area is 108 Å². The van der Waals surface area contributed by atoms with Crippen molar-refractivity contribution in [3.05, 3.63) is 23.3 Å². The molecule has 104 valence electrons. The molecule has 0 aliphatic heterocycles. The molecule has 5 nitrogen and oxygen atoms in total. The molecule has 19 heavy (non-hydrogen) atoms. The Balaban J connectivity index is 2.35. The number of nitrogens with zero attached hydrogens (tertiary/aromatic N) is 2. The Morgan fingerprint density at radius 3 is 2.74 bits per heavy atom. The number of rotatable bonds is 6. The van der Waals surface area contributed by atoms with Crippen LogP contribution >= 0.6 is 0 Å². The fourth-order valence-electron chi connectivity index (χ4n) is 1.88. The molecule has 7 heteroatoms. The number of aromatic carboxylic acids is 1. The summed E-state index contributed by atoms with van der Waals surface area (Å²) in [7, 11) is 0. The van der Waals surface area contributed by atoms with Gasteiger partial charge in [0.25, 0.3) is 6.43 Å². The second-order valence-corrected chi connectivity index (χ2v) is 4.35. The Morgan fingerprint density at radius 2 is 2.26 bits per heavy atom. The van der Waals surface area contributed by atoms with Gasteiger partial charge in [0.15, 0.2) is 5.82 Å². The summed E-state index contributed by atoms with van der Waals surface area (Å²) in [6.07, 6.45) is -0.558. The van der Waals surface area contributed by atoms with Crippen LogP contribution in [0.2, 0.25) is 0 Å². The number of hydrogen-bond acceptors (Lipinski definition) is 4. The quantitative estimate of drug-likeness (QED) is 0.861. The third-order valence-corrected chi connectivity index (χ3v) is 2.92. The second kappa shape index (κ2) is 5.56. The first-order valence-electron chi connectivity index (χ1n) is 6.04. The van der Waals surface area contributed by atoms with Gasteiger partial charge in [0.2, 0.25) is 0 Å². The maximum absolute atomic E-state index is 12.8. The smallest absolute Gasteiger partial charge is 0.339 e. The van der Waals surface area contributed by atoms with E-state index in [2.05, 4.69) is 9.97 Å². The van der Waals surface area contributed by atoms with Crippen molar-refractivity contribution in [2.75, 3.05) is 6.61 Å². The van der Waals surface area contributed by atoms with Crippen molar-refractivity contribution >= 4 is 5.97 Å². The van der Waals surface area contributed by atoms with Gasteiger partial charge in [-0.25, -0.2) is 23.5 Å². The first-order valence-corrected chi connectivity index (χ1v) is 6.04. The minimum Gasteiger partial charge on any atom is -0.478 e. The van der Waals surface area contributed by atoms with Crippen LogP contribution in [0.25, 0.3) is 0 Å². The van der Waals surface area contributed by atoms with Gasteiger partial charge >= 0.3 is 5.97 Å². The summed E-state index contributed by atoms with van der Waals surface area (Å²) < 4.78 is 31.1. The Morgan fingerprint density at radius 1 is 1.58 bits per heavy atom. The summed E-state index contributed by atoms with van der Waals surface area (Å²) in [5, 5.41) is 8.82. The molecule has 1 aliphatic rings. The van der Waals surface area contributed by atoms with Crippen molar-refractivity contribution in [1.82, 2.24) is 9.97 Å². The molecule has 1 aliphatic carbocycles. The van der Waals surface area contributed by atoms with Gasteiger partial charge in [-0.1, -0.05) is 0 Å². The summed E-state index contributed by atoms with van der Waals surface area (Å²) in [6.45, 7) is 2.23. The number of carboxylic acid groups (broad SMARTS) is 1. The number of ether oxygens (including phenoxy) is 1. The largest absolute Gasteiger partial charge is 0.478 e. The van der Waals surface area contributed by atoms with Crippen LogP contribution in [0.4, 0.5) is 8.78 Å². The minimum absolute atomic E-state index is 0.143. The van der Waals surface area contributed by atoms with Crippen molar-refractivity contribution in [2.24, 2.45) is 5.92 Å². The first-order chi connectivity index (χ1) is 9.04. The van der Waals surface area contributed by atoms with Crippen molar-refractivity contribution in [1.29, 1.82) is 0 Å². The van der Waals surface area contributed by atoms with Crippen LogP contribution in [-0.4, -0.2) is 27.7 Å². The molecule has 0 saturated heterocycles. The van der Waals surface area contributed by atoms with E-state index in [0.29, 0.717) is 6.61 Å². The summed E-state index contributed by atoms with van der Waals surface area (Å²) in [6, 6.07) is 0. The first kappa shape index (κ1) is 13.8. The normalized spacial score (nSPS) is 16.6. The highest BCUT2D eigenvalue weighted by atomic mass is 19.3. The molecule has 1 saturated carbocycles. The topological polar surface area (TPSA) is 72.3 Å². The summed E-state index contributed by atoms with van der Waals surface area (Å²) >= 11 is 0. The lowest BCUT2D eigenvalue weighted by atomic mass is 10.2. The number of aromatic nitrogens is 2. The lowest BCUT2D eigenvalue weighted by Crippen LogP contribution is -2.15. The van der Waals surface area contributed by atoms with E-state index in [-0.39, 0.29) is 11.7 Å². The van der Waals surface area contributed by atoms with E-state index in [4.69, 9.17) is 9.84 Å². The zero-order valence-corrected chi connectivity index (χ0v) is 10.3. The molecule has 0 radical (unpaired) electrons. The summed E-state index contributed by atoms with van der Waals surface area (Å²) in [5.74, 6) is -1.08. The third-order valence-electron chi connectivity index (χ3n) is 2.92. The minimum atomic E-state index is -2.95. The van der Waals surface area contributed by atoms with Crippen LogP contribution < -0.4 is 0 Å². The van der Waals surface area contributed by atoms with Crippen LogP contribution in [0, 0.1) is 5.92 Å². The van der Waals surface area contributed by atoms with Crippen molar-refractivity contribution in [3.8, 4) is 0 Å². The molecule has 0 aromatic carbocycles. The van der Waals surface area contributed by atoms with Gasteiger partial charge in [0.05, 0.1) is 0 Å². The molecular weight excluding hydrogens is 258 g/mol. The maximum Gasteiger partial charge on any atom is 0.339 e. The van der Waals surface area contributed by atoms with Crippen molar-refractivity contribution in [2.45, 2.75) is 32.3 Å². The molecule has 1 aromatic heterocycles. The van der Waals surface area contributed by atoms with Crippen molar-refractivity contribution < 1.29 is 23.4 Å². The predicted octanol–water partition coefficient (Wildman–Crippen LogP) is 2.60. The SMILES string of the molecule is CCOC(c1ncc(C(=O)O)c(C(F)F)n1)C1CC1. The Bertz CT molecular complexity index is 478. The molecule has 1 atom stereocenters. The van der Waals surface area contributed by atoms with Crippen LogP contribution in [0.1, 0.15) is 54.2 Å². The molecule has 1 aromatic rings. The molecule has 0 amide bonds. The number of alkyl halides is 2. The van der Waals surface area contributed by atoms with Gasteiger partial charge in [-0.05, 0) is 25.7 Å². The average molecular weight is 272 g/mol. The predicted molar refractivity (Wildman–Crippen MR) is 61.0 cm³/mol. The number of hydrogen-bond donors (Lipinski definition) is 1. The molecule has 1 N–H and O–H groups in total. The van der Waals surface area contributed by atoms with E-state index >= 15 is 0 Å². The van der Waals surface area contributed by atoms with Gasteiger partial charge in [-0.3, -0.25) is 0 Å². The van der Waals surface area contributed by atoms with E-state index in [0.717, 1.165) is 19.0 Å². The van der Waals surface area contributed by atoms with Crippen LogP contribution in [0.3, 0.4) is 0 Å². The number of halogens is 2. The average Bonchev–Trinajstić information content (AvgIpc) is 3.19. The highest BCUT2D eigenvalue weighted by Crippen LogP contribution is 2.42. The molecule has 0 bridgehead atoms. The fourth-order valence-corrected chi connectivity index (χ4v) is 1.88. The van der Waals surface area contributed by atoms with Crippen molar-refractivity contribution in [3.63, 3.8) is 0 Å². The van der Waals surface area contributed by atoms with E-state index in [1.165, 1.54) is 0 Å². The van der Waals surface area contributed by atoms with Gasteiger partial charge in [0, 0.05) is 12.8 Å². The summed E-state index contributed by atoms with van der Waals surface area (Å²) in [4.78, 5) is 18.4. The molecule has 0 spiro atoms. The van der Waals surface area contributed by atoms with E-state index in [1.54, 1.807) is 6.92 Å². The van der Waals surface area contributed by atoms with Gasteiger partial charge in [-0.15, -0.1) is 0 Å². The van der Waals surface area contributed by atoms with E-state index in [1.807, 2.05) is 0 Å². The standard InChI is InChI=1S/C12H14F2N2O3/c1-2-19-9(6-3-4-6)11-15-5-7(12(17)18)8(16-11)10(13)14/h5-6,9-10H,2-4H2,1H3,(H,17,18). The molecule has 2 rings (SSSR count). The van der Waals surface area contributed by atoms with Gasteiger partial charge in [-0.2, -0.15) is 0 Å². The Hall–Kier alpha value is -1.63. The van der Waals surface area contributed by atoms with Gasteiger partial charge in [0.1, 0.15) is 17.4 Å². The second-order valence-electron chi connectivity index (χ2n) is 4.35. The maximum atomic E-state index is 12.8. The lowest BCUT2D eigenvalue weighted by molar-refractivity contribution is 0.0387. The van der Waals surface area contributed by atoms with E-state index < -0.39 is 29.8 Å². The zero-order valence-electron chi connectivity index (χ0n) is 10.3. The zero-order chi connectivity index (χ0) is 14.0. The van der Waals surface area contributed by atoms with Crippen LogP contribution in [0.15, 0.2) is 6.20 Å². The van der Waals surface area contributed by atoms with Crippen LogP contribution in [-0.2, 0) is 4.74 Å². The highest BCUT2D eigenvalue weighted by molar-refractivity contribution is 5.88. The fraction of sp³-hybridized carbons (Fsp3) is 0.583. The van der Waals surface area contributed by atoms with E-state index in [9.17, 15) is 13.6 Å².